The number of nitrogens with zero attached hydrogens (tertiary/aromatic N) is 2. The molecule has 156 valence electrons. The molecule has 0 spiro atoms. The lowest BCUT2D eigenvalue weighted by atomic mass is 9.99. The van der Waals surface area contributed by atoms with Crippen LogP contribution in [-0.4, -0.2) is 34.7 Å². The van der Waals surface area contributed by atoms with Gasteiger partial charge in [-0.2, -0.15) is 0 Å². The van der Waals surface area contributed by atoms with Gasteiger partial charge >= 0.3 is 0 Å². The lowest BCUT2D eigenvalue weighted by Crippen LogP contribution is -2.38. The molecule has 0 N–H and O–H groups in total. The van der Waals surface area contributed by atoms with Gasteiger partial charge in [0, 0.05) is 24.5 Å². The minimum Gasteiger partial charge on any atom is -0.362 e. The Hall–Kier alpha value is -3.25. The van der Waals surface area contributed by atoms with Crippen molar-refractivity contribution in [3.05, 3.63) is 99.1 Å². The van der Waals surface area contributed by atoms with Crippen molar-refractivity contribution in [3.63, 3.8) is 0 Å². The molecule has 6 heteroatoms. The van der Waals surface area contributed by atoms with Crippen molar-refractivity contribution in [1.82, 2.24) is 9.80 Å². The van der Waals surface area contributed by atoms with Crippen LogP contribution in [0.2, 0.25) is 0 Å². The first kappa shape index (κ1) is 19.7. The third-order valence-corrected chi connectivity index (χ3v) is 6.78. The summed E-state index contributed by atoms with van der Waals surface area (Å²) in [4.78, 5) is 31.0. The van der Waals surface area contributed by atoms with Crippen LogP contribution in [0.1, 0.15) is 21.6 Å². The summed E-state index contributed by atoms with van der Waals surface area (Å²) in [6.07, 6.45) is 1.33. The van der Waals surface area contributed by atoms with Crippen LogP contribution in [-0.2, 0) is 29.0 Å². The average molecular weight is 433 g/mol. The molecule has 4 nitrogen and oxygen atoms in total. The van der Waals surface area contributed by atoms with Crippen molar-refractivity contribution in [1.29, 1.82) is 0 Å². The molecule has 3 aromatic rings. The molecule has 0 unspecified atom stereocenters. The molecule has 0 aliphatic carbocycles. The van der Waals surface area contributed by atoms with E-state index in [9.17, 15) is 14.0 Å². The number of amides is 2. The van der Waals surface area contributed by atoms with Gasteiger partial charge in [0.25, 0.3) is 11.8 Å². The van der Waals surface area contributed by atoms with E-state index in [-0.39, 0.29) is 24.2 Å². The maximum atomic E-state index is 13.5. The minimum atomic E-state index is -0.300. The number of rotatable bonds is 5. The number of hydrogen-bond acceptors (Lipinski definition) is 4. The fourth-order valence-corrected chi connectivity index (χ4v) is 5.04. The van der Waals surface area contributed by atoms with Gasteiger partial charge in [-0.05, 0) is 53.1 Å². The van der Waals surface area contributed by atoms with Crippen molar-refractivity contribution >= 4 is 28.7 Å². The quantitative estimate of drug-likeness (QED) is 0.566. The van der Waals surface area contributed by atoms with Gasteiger partial charge in [-0.3, -0.25) is 14.5 Å². The summed E-state index contributed by atoms with van der Waals surface area (Å²) in [5, 5.41) is 1.92. The van der Waals surface area contributed by atoms with E-state index in [4.69, 9.17) is 0 Å². The van der Waals surface area contributed by atoms with E-state index in [1.165, 1.54) is 39.5 Å². The summed E-state index contributed by atoms with van der Waals surface area (Å²) < 4.78 is 13.2. The molecule has 0 saturated heterocycles. The first-order valence-corrected chi connectivity index (χ1v) is 11.2. The van der Waals surface area contributed by atoms with Crippen molar-refractivity contribution in [3.8, 4) is 0 Å². The maximum absolute atomic E-state index is 13.5. The van der Waals surface area contributed by atoms with Gasteiger partial charge in [0.05, 0.1) is 5.57 Å². The van der Waals surface area contributed by atoms with E-state index >= 15 is 0 Å². The van der Waals surface area contributed by atoms with Crippen LogP contribution >= 0.6 is 11.3 Å². The second kappa shape index (κ2) is 8.12. The summed E-state index contributed by atoms with van der Waals surface area (Å²) in [6.45, 7) is 1.59. The summed E-state index contributed by atoms with van der Waals surface area (Å²) in [7, 11) is 0. The predicted molar refractivity (Wildman–Crippen MR) is 119 cm³/mol. The van der Waals surface area contributed by atoms with Gasteiger partial charge < -0.3 is 4.90 Å². The molecule has 1 aromatic heterocycles. The highest BCUT2D eigenvalue weighted by atomic mass is 32.1. The van der Waals surface area contributed by atoms with E-state index in [1.807, 2.05) is 29.6 Å². The van der Waals surface area contributed by atoms with Gasteiger partial charge in [0.1, 0.15) is 11.5 Å². The van der Waals surface area contributed by atoms with Crippen LogP contribution in [0, 0.1) is 5.82 Å². The zero-order valence-corrected chi connectivity index (χ0v) is 17.7. The second-order valence-corrected chi connectivity index (χ2v) is 8.73. The lowest BCUT2D eigenvalue weighted by Gasteiger charge is -2.31. The summed E-state index contributed by atoms with van der Waals surface area (Å²) in [6, 6.07) is 18.2. The number of benzene rings is 2. The highest BCUT2D eigenvalue weighted by Crippen LogP contribution is 2.36. The number of thiophene rings is 1. The van der Waals surface area contributed by atoms with Crippen molar-refractivity contribution in [2.24, 2.45) is 0 Å². The van der Waals surface area contributed by atoms with E-state index in [2.05, 4.69) is 17.0 Å². The second-order valence-electron chi connectivity index (χ2n) is 7.78. The van der Waals surface area contributed by atoms with Crippen LogP contribution in [0.3, 0.4) is 0 Å². The van der Waals surface area contributed by atoms with E-state index in [0.717, 1.165) is 16.9 Å². The van der Waals surface area contributed by atoms with Gasteiger partial charge in [-0.25, -0.2) is 4.39 Å². The molecule has 0 atom stereocenters. The molecule has 3 heterocycles. The number of hydrogen-bond donors (Lipinski definition) is 0. The van der Waals surface area contributed by atoms with Gasteiger partial charge in [0.2, 0.25) is 0 Å². The molecular weight excluding hydrogens is 411 g/mol. The Morgan fingerprint density at radius 2 is 1.68 bits per heavy atom. The largest absolute Gasteiger partial charge is 0.362 e. The predicted octanol–water partition coefficient (Wildman–Crippen LogP) is 4.27. The standard InChI is InChI=1S/C25H21FN2O2S/c26-20-9-7-17(8-10-20)11-14-28-24(29)22(21-6-3-15-31-21)23(25(28)30)27-13-12-18-4-1-2-5-19(18)16-27/h1-10,15H,11-14,16H2. The fraction of sp³-hybridized carbons (Fsp3) is 0.200. The van der Waals surface area contributed by atoms with Crippen LogP contribution in [0.4, 0.5) is 4.39 Å². The van der Waals surface area contributed by atoms with Crippen LogP contribution in [0.25, 0.3) is 5.57 Å². The number of halogens is 1. The molecule has 0 radical (unpaired) electrons. The number of fused-ring (bicyclic) bond motifs is 1. The molecule has 0 saturated carbocycles. The van der Waals surface area contributed by atoms with Crippen molar-refractivity contribution < 1.29 is 14.0 Å². The topological polar surface area (TPSA) is 40.6 Å². The van der Waals surface area contributed by atoms with E-state index in [1.54, 1.807) is 12.1 Å². The number of carbonyl (C=O) groups excluding carboxylic acids is 2. The molecular formula is C25H21FN2O2S. The normalized spacial score (nSPS) is 16.3. The van der Waals surface area contributed by atoms with Crippen LogP contribution < -0.4 is 0 Å². The third kappa shape index (κ3) is 3.68. The minimum absolute atomic E-state index is 0.241. The first-order chi connectivity index (χ1) is 15.1. The Morgan fingerprint density at radius 1 is 0.903 bits per heavy atom. The highest BCUT2D eigenvalue weighted by molar-refractivity contribution is 7.11. The van der Waals surface area contributed by atoms with Crippen molar-refractivity contribution in [2.45, 2.75) is 19.4 Å². The molecule has 2 aliphatic rings. The van der Waals surface area contributed by atoms with Gasteiger partial charge in [0.15, 0.2) is 0 Å². The third-order valence-electron chi connectivity index (χ3n) is 5.90. The number of imide groups is 1. The fourth-order valence-electron chi connectivity index (χ4n) is 4.28. The highest BCUT2D eigenvalue weighted by Gasteiger charge is 2.42. The molecule has 2 amide bonds. The van der Waals surface area contributed by atoms with E-state index in [0.29, 0.717) is 30.8 Å². The average Bonchev–Trinajstić information content (AvgIpc) is 3.40. The molecule has 31 heavy (non-hydrogen) atoms. The zero-order valence-electron chi connectivity index (χ0n) is 16.9. The first-order valence-electron chi connectivity index (χ1n) is 10.3. The van der Waals surface area contributed by atoms with Gasteiger partial charge in [-0.15, -0.1) is 11.3 Å². The van der Waals surface area contributed by atoms with Crippen LogP contribution in [0.15, 0.2) is 71.7 Å². The summed E-state index contributed by atoms with van der Waals surface area (Å²) in [5.41, 5.74) is 4.37. The Kier molecular flexibility index (Phi) is 5.16. The molecule has 0 fully saturated rings. The molecule has 2 aliphatic heterocycles. The SMILES string of the molecule is O=C1C(c2cccs2)=C(N2CCc3ccccc3C2)C(=O)N1CCc1ccc(F)cc1. The Balaban J connectivity index is 1.45. The van der Waals surface area contributed by atoms with Gasteiger partial charge in [-0.1, -0.05) is 42.5 Å². The van der Waals surface area contributed by atoms with Crippen molar-refractivity contribution in [2.75, 3.05) is 13.1 Å². The molecule has 5 rings (SSSR count). The lowest BCUT2D eigenvalue weighted by molar-refractivity contribution is -0.137. The zero-order chi connectivity index (χ0) is 21.4. The smallest absolute Gasteiger partial charge is 0.277 e. The Morgan fingerprint density at radius 3 is 2.42 bits per heavy atom. The molecule has 0 bridgehead atoms. The van der Waals surface area contributed by atoms with Crippen LogP contribution in [0.5, 0.6) is 0 Å². The Labute approximate surface area is 184 Å². The summed E-state index contributed by atoms with van der Waals surface area (Å²) in [5.74, 6) is -0.787. The van der Waals surface area contributed by atoms with E-state index < -0.39 is 0 Å². The monoisotopic (exact) mass is 432 g/mol. The molecule has 2 aromatic carbocycles. The maximum Gasteiger partial charge on any atom is 0.277 e. The number of carbonyl (C=O) groups is 2. The summed E-state index contributed by atoms with van der Waals surface area (Å²) >= 11 is 1.47. The Bertz CT molecular complexity index is 1170.